The summed E-state index contributed by atoms with van der Waals surface area (Å²) >= 11 is 0. The molecule has 0 amide bonds. The van der Waals surface area contributed by atoms with E-state index in [1.165, 1.54) is 22.3 Å². The van der Waals surface area contributed by atoms with Gasteiger partial charge < -0.3 is 14.8 Å². The molecule has 0 aliphatic carbocycles. The summed E-state index contributed by atoms with van der Waals surface area (Å²) < 4.78 is 10.6. The first-order valence-corrected chi connectivity index (χ1v) is 6.80. The van der Waals surface area contributed by atoms with E-state index < -0.39 is 0 Å². The zero-order chi connectivity index (χ0) is 14.6. The second-order valence-electron chi connectivity index (χ2n) is 5.33. The molecule has 1 N–H and O–H groups in total. The summed E-state index contributed by atoms with van der Waals surface area (Å²) in [5.74, 6) is 0. The Balaban J connectivity index is 2.87. The Morgan fingerprint density at radius 1 is 0.947 bits per heavy atom. The van der Waals surface area contributed by atoms with Crippen molar-refractivity contribution >= 4 is 0 Å². The molecule has 1 aromatic carbocycles. The number of hydrogen-bond acceptors (Lipinski definition) is 3. The Hall–Kier alpha value is -0.900. The van der Waals surface area contributed by atoms with Gasteiger partial charge in [0.25, 0.3) is 0 Å². The molecule has 1 rings (SSSR count). The lowest BCUT2D eigenvalue weighted by Crippen LogP contribution is -2.41. The second-order valence-corrected chi connectivity index (χ2v) is 5.33. The van der Waals surface area contributed by atoms with Gasteiger partial charge in [-0.15, -0.1) is 0 Å². The monoisotopic (exact) mass is 265 g/mol. The molecule has 0 aromatic heterocycles. The summed E-state index contributed by atoms with van der Waals surface area (Å²) in [6, 6.07) is 4.86. The molecule has 0 aliphatic rings. The van der Waals surface area contributed by atoms with Crippen LogP contribution in [0.1, 0.15) is 42.1 Å². The van der Waals surface area contributed by atoms with Gasteiger partial charge in [-0.05, 0) is 51.3 Å². The maximum atomic E-state index is 5.29. The zero-order valence-corrected chi connectivity index (χ0v) is 13.2. The molecule has 19 heavy (non-hydrogen) atoms. The Bertz CT molecular complexity index is 390. The number of benzene rings is 1. The minimum absolute atomic E-state index is 0.130. The lowest BCUT2D eigenvalue weighted by molar-refractivity contribution is -0.120. The van der Waals surface area contributed by atoms with Crippen molar-refractivity contribution in [3.63, 3.8) is 0 Å². The third-order valence-electron chi connectivity index (χ3n) is 3.56. The minimum Gasteiger partial charge on any atom is -0.354 e. The fourth-order valence-electron chi connectivity index (χ4n) is 2.93. The zero-order valence-electron chi connectivity index (χ0n) is 13.2. The van der Waals surface area contributed by atoms with Gasteiger partial charge in [0.05, 0.1) is 6.04 Å². The molecule has 2 atom stereocenters. The van der Waals surface area contributed by atoms with E-state index in [9.17, 15) is 0 Å². The first kappa shape index (κ1) is 16.2. The van der Waals surface area contributed by atoms with E-state index in [1.54, 1.807) is 14.2 Å². The Morgan fingerprint density at radius 2 is 1.42 bits per heavy atom. The van der Waals surface area contributed by atoms with Crippen molar-refractivity contribution in [1.29, 1.82) is 0 Å². The van der Waals surface area contributed by atoms with Crippen LogP contribution < -0.4 is 5.32 Å². The molecule has 0 saturated carbocycles. The average Bonchev–Trinajstić information content (AvgIpc) is 2.28. The number of hydrogen-bond donors (Lipinski definition) is 1. The summed E-state index contributed by atoms with van der Waals surface area (Å²) in [6.07, 6.45) is -0.228. The molecule has 0 aliphatic heterocycles. The fourth-order valence-corrected chi connectivity index (χ4v) is 2.93. The number of ether oxygens (including phenoxy) is 2. The van der Waals surface area contributed by atoms with E-state index in [4.69, 9.17) is 9.47 Å². The van der Waals surface area contributed by atoms with Gasteiger partial charge in [0.1, 0.15) is 0 Å². The summed E-state index contributed by atoms with van der Waals surface area (Å²) in [6.45, 7) is 10.7. The lowest BCUT2D eigenvalue weighted by Gasteiger charge is -2.27. The van der Waals surface area contributed by atoms with Crippen LogP contribution in [-0.4, -0.2) is 26.6 Å². The van der Waals surface area contributed by atoms with E-state index in [2.05, 4.69) is 52.1 Å². The maximum Gasteiger partial charge on any atom is 0.171 e. The topological polar surface area (TPSA) is 30.5 Å². The van der Waals surface area contributed by atoms with Crippen LogP contribution >= 0.6 is 0 Å². The third kappa shape index (κ3) is 4.03. The van der Waals surface area contributed by atoms with Crippen LogP contribution in [0.25, 0.3) is 0 Å². The van der Waals surface area contributed by atoms with Crippen LogP contribution in [0.4, 0.5) is 0 Å². The molecular weight excluding hydrogens is 238 g/mol. The van der Waals surface area contributed by atoms with E-state index in [-0.39, 0.29) is 18.4 Å². The van der Waals surface area contributed by atoms with Crippen LogP contribution in [0.5, 0.6) is 0 Å². The van der Waals surface area contributed by atoms with Crippen LogP contribution in [0.2, 0.25) is 0 Å². The van der Waals surface area contributed by atoms with Gasteiger partial charge in [-0.25, -0.2) is 0 Å². The summed E-state index contributed by atoms with van der Waals surface area (Å²) in [7, 11) is 3.33. The molecule has 1 aromatic rings. The smallest absolute Gasteiger partial charge is 0.171 e. The van der Waals surface area contributed by atoms with E-state index in [0.29, 0.717) is 0 Å². The molecule has 0 saturated heterocycles. The van der Waals surface area contributed by atoms with E-state index in [1.807, 2.05) is 0 Å². The average molecular weight is 265 g/mol. The highest BCUT2D eigenvalue weighted by molar-refractivity contribution is 5.39. The van der Waals surface area contributed by atoms with Crippen molar-refractivity contribution in [2.75, 3.05) is 14.2 Å². The van der Waals surface area contributed by atoms with Crippen molar-refractivity contribution in [2.24, 2.45) is 0 Å². The van der Waals surface area contributed by atoms with Gasteiger partial charge in [0, 0.05) is 20.3 Å². The molecule has 2 unspecified atom stereocenters. The second kappa shape index (κ2) is 7.04. The third-order valence-corrected chi connectivity index (χ3v) is 3.56. The van der Waals surface area contributed by atoms with Gasteiger partial charge in [0.15, 0.2) is 6.29 Å². The van der Waals surface area contributed by atoms with Crippen molar-refractivity contribution in [2.45, 2.75) is 53.0 Å². The molecule has 0 heterocycles. The quantitative estimate of drug-likeness (QED) is 0.801. The first-order chi connectivity index (χ1) is 8.90. The van der Waals surface area contributed by atoms with Gasteiger partial charge >= 0.3 is 0 Å². The van der Waals surface area contributed by atoms with Crippen molar-refractivity contribution in [3.05, 3.63) is 34.4 Å². The molecule has 3 nitrogen and oxygen atoms in total. The molecule has 3 heteroatoms. The van der Waals surface area contributed by atoms with Crippen LogP contribution in [0, 0.1) is 20.8 Å². The van der Waals surface area contributed by atoms with E-state index >= 15 is 0 Å². The number of methoxy groups -OCH3 is 2. The number of aryl methyl sites for hydroxylation is 3. The highest BCUT2D eigenvalue weighted by Crippen LogP contribution is 2.24. The molecule has 0 bridgehead atoms. The maximum absolute atomic E-state index is 5.29. The Kier molecular flexibility index (Phi) is 5.98. The van der Waals surface area contributed by atoms with Crippen LogP contribution in [0.3, 0.4) is 0 Å². The number of rotatable bonds is 6. The minimum atomic E-state index is -0.228. The highest BCUT2D eigenvalue weighted by atomic mass is 16.7. The largest absolute Gasteiger partial charge is 0.354 e. The van der Waals surface area contributed by atoms with E-state index in [0.717, 1.165) is 0 Å². The summed E-state index contributed by atoms with van der Waals surface area (Å²) in [5.41, 5.74) is 5.33. The fraction of sp³-hybridized carbons (Fsp3) is 0.625. The van der Waals surface area contributed by atoms with Crippen LogP contribution in [0.15, 0.2) is 12.1 Å². The Morgan fingerprint density at radius 3 is 1.84 bits per heavy atom. The first-order valence-electron chi connectivity index (χ1n) is 6.80. The summed E-state index contributed by atoms with van der Waals surface area (Å²) in [5, 5.41) is 3.55. The lowest BCUT2D eigenvalue weighted by atomic mass is 9.94. The molecule has 0 radical (unpaired) electrons. The van der Waals surface area contributed by atoms with Crippen molar-refractivity contribution < 1.29 is 9.47 Å². The van der Waals surface area contributed by atoms with Gasteiger partial charge in [-0.3, -0.25) is 0 Å². The normalized spacial score (nSPS) is 14.7. The van der Waals surface area contributed by atoms with Gasteiger partial charge in [0.2, 0.25) is 0 Å². The molecular formula is C16H27NO2. The highest BCUT2D eigenvalue weighted by Gasteiger charge is 2.20. The van der Waals surface area contributed by atoms with Gasteiger partial charge in [-0.2, -0.15) is 0 Å². The predicted octanol–water partition coefficient (Wildman–Crippen LogP) is 3.27. The molecule has 0 spiro atoms. The molecule has 108 valence electrons. The van der Waals surface area contributed by atoms with Gasteiger partial charge in [-0.1, -0.05) is 17.7 Å². The van der Waals surface area contributed by atoms with Crippen molar-refractivity contribution in [1.82, 2.24) is 5.32 Å². The SMILES string of the molecule is COC(OC)C(C)NC(C)c1c(C)cc(C)cc1C. The standard InChI is InChI=1S/C16H27NO2/c1-10-8-11(2)15(12(3)9-10)13(4)17-14(5)16(18-6)19-7/h8-9,13-14,16-17H,1-7H3. The number of nitrogens with one attached hydrogen (secondary N) is 1. The van der Waals surface area contributed by atoms with Crippen LogP contribution in [-0.2, 0) is 9.47 Å². The van der Waals surface area contributed by atoms with Crippen molar-refractivity contribution in [3.8, 4) is 0 Å². The Labute approximate surface area is 117 Å². The molecule has 0 fully saturated rings. The summed E-state index contributed by atoms with van der Waals surface area (Å²) in [4.78, 5) is 0. The predicted molar refractivity (Wildman–Crippen MR) is 79.5 cm³/mol.